The predicted molar refractivity (Wildman–Crippen MR) is 65.3 cm³/mol. The Morgan fingerprint density at radius 1 is 1.62 bits per heavy atom. The van der Waals surface area contributed by atoms with Crippen LogP contribution in [0.5, 0.6) is 0 Å². The van der Waals surface area contributed by atoms with Crippen molar-refractivity contribution in [3.63, 3.8) is 0 Å². The van der Waals surface area contributed by atoms with Crippen LogP contribution in [-0.4, -0.2) is 43.1 Å². The molecule has 0 aliphatic carbocycles. The third-order valence-electron chi connectivity index (χ3n) is 3.32. The molecular weight excluding hydrogens is 202 g/mol. The molecule has 0 amide bonds. The molecule has 16 heavy (non-hydrogen) atoms. The lowest BCUT2D eigenvalue weighted by atomic mass is 10.00. The molecule has 0 aromatic rings. The van der Waals surface area contributed by atoms with Crippen LogP contribution in [0.25, 0.3) is 0 Å². The molecule has 1 atom stereocenters. The summed E-state index contributed by atoms with van der Waals surface area (Å²) >= 11 is 0. The van der Waals surface area contributed by atoms with Gasteiger partial charge in [0, 0.05) is 24.9 Å². The van der Waals surface area contributed by atoms with E-state index in [1.54, 1.807) is 6.20 Å². The molecule has 0 bridgehead atoms. The molecule has 2 rings (SSSR count). The van der Waals surface area contributed by atoms with Gasteiger partial charge in [0.05, 0.1) is 12.6 Å². The van der Waals surface area contributed by atoms with Crippen molar-refractivity contribution in [3.8, 4) is 0 Å². The van der Waals surface area contributed by atoms with Gasteiger partial charge < -0.3 is 10.5 Å². The van der Waals surface area contributed by atoms with Crippen LogP contribution in [0.3, 0.4) is 0 Å². The van der Waals surface area contributed by atoms with Crippen molar-refractivity contribution in [2.75, 3.05) is 26.2 Å². The Bertz CT molecular complexity index is 305. The fraction of sp³-hybridized carbons (Fsp3) is 0.750. The van der Waals surface area contributed by atoms with Crippen molar-refractivity contribution in [1.29, 1.82) is 0 Å². The van der Waals surface area contributed by atoms with Gasteiger partial charge in [0.25, 0.3) is 0 Å². The zero-order chi connectivity index (χ0) is 11.5. The number of hydrogen-bond acceptors (Lipinski definition) is 4. The van der Waals surface area contributed by atoms with Crippen molar-refractivity contribution in [1.82, 2.24) is 4.90 Å². The van der Waals surface area contributed by atoms with E-state index < -0.39 is 0 Å². The van der Waals surface area contributed by atoms with Crippen LogP contribution in [0, 0.1) is 5.92 Å². The molecule has 0 radical (unpaired) electrons. The normalized spacial score (nSPS) is 28.2. The first kappa shape index (κ1) is 11.5. The molecule has 2 heterocycles. The summed E-state index contributed by atoms with van der Waals surface area (Å²) in [5.41, 5.74) is 6.54. The number of ether oxygens (including phenoxy) is 1. The van der Waals surface area contributed by atoms with Crippen LogP contribution in [0.15, 0.2) is 16.8 Å². The first-order valence-corrected chi connectivity index (χ1v) is 6.07. The van der Waals surface area contributed by atoms with Crippen LogP contribution in [0.2, 0.25) is 0 Å². The maximum absolute atomic E-state index is 5.69. The maximum Gasteiger partial charge on any atom is 0.213 e. The predicted octanol–water partition coefficient (Wildman–Crippen LogP) is 0.988. The van der Waals surface area contributed by atoms with Crippen LogP contribution in [-0.2, 0) is 4.74 Å². The zero-order valence-electron chi connectivity index (χ0n) is 10.1. The molecule has 1 saturated heterocycles. The van der Waals surface area contributed by atoms with Crippen LogP contribution in [0.1, 0.15) is 20.3 Å². The van der Waals surface area contributed by atoms with Crippen molar-refractivity contribution >= 4 is 5.90 Å². The van der Waals surface area contributed by atoms with Gasteiger partial charge in [0.1, 0.15) is 6.61 Å². The lowest BCUT2D eigenvalue weighted by Gasteiger charge is -2.43. The molecule has 0 spiro atoms. The van der Waals surface area contributed by atoms with E-state index in [0.29, 0.717) is 6.04 Å². The second-order valence-corrected chi connectivity index (χ2v) is 4.72. The van der Waals surface area contributed by atoms with Crippen molar-refractivity contribution in [3.05, 3.63) is 11.8 Å². The Labute approximate surface area is 97.2 Å². The van der Waals surface area contributed by atoms with Gasteiger partial charge in [-0.1, -0.05) is 13.8 Å². The van der Waals surface area contributed by atoms with Gasteiger partial charge >= 0.3 is 0 Å². The van der Waals surface area contributed by atoms with E-state index in [-0.39, 0.29) is 0 Å². The molecule has 1 unspecified atom stereocenters. The molecule has 0 aromatic heterocycles. The smallest absolute Gasteiger partial charge is 0.213 e. The Hall–Kier alpha value is -1.03. The van der Waals surface area contributed by atoms with Crippen molar-refractivity contribution in [2.24, 2.45) is 16.6 Å². The third-order valence-corrected chi connectivity index (χ3v) is 3.32. The van der Waals surface area contributed by atoms with Crippen LogP contribution in [0.4, 0.5) is 0 Å². The Morgan fingerprint density at radius 2 is 2.38 bits per heavy atom. The summed E-state index contributed by atoms with van der Waals surface area (Å²) in [7, 11) is 0. The fourth-order valence-corrected chi connectivity index (χ4v) is 2.26. The number of likely N-dealkylation sites (tertiary alicyclic amines) is 1. The van der Waals surface area contributed by atoms with E-state index >= 15 is 0 Å². The summed E-state index contributed by atoms with van der Waals surface area (Å²) in [5, 5.41) is 0. The van der Waals surface area contributed by atoms with Gasteiger partial charge in [-0.05, 0) is 12.3 Å². The Kier molecular flexibility index (Phi) is 3.49. The molecule has 2 N–H and O–H groups in total. The first-order chi connectivity index (χ1) is 7.74. The monoisotopic (exact) mass is 223 g/mol. The highest BCUT2D eigenvalue weighted by Crippen LogP contribution is 2.20. The third kappa shape index (κ3) is 2.21. The number of hydrogen-bond donors (Lipinski definition) is 1. The minimum atomic E-state index is 0.468. The molecule has 90 valence electrons. The minimum absolute atomic E-state index is 0.468. The van der Waals surface area contributed by atoms with Crippen molar-refractivity contribution < 1.29 is 4.74 Å². The minimum Gasteiger partial charge on any atom is -0.476 e. The summed E-state index contributed by atoms with van der Waals surface area (Å²) in [6.07, 6.45) is 2.48. The molecule has 2 aliphatic rings. The number of aliphatic imine (C=N–C) groups is 1. The van der Waals surface area contributed by atoms with E-state index in [9.17, 15) is 0 Å². The fourth-order valence-electron chi connectivity index (χ4n) is 2.26. The highest BCUT2D eigenvalue weighted by molar-refractivity contribution is 5.93. The lowest BCUT2D eigenvalue weighted by molar-refractivity contribution is 0.0327. The SMILES string of the molecule is CCC(=CN)C1=NCC(N2CC(C)C2)CO1. The van der Waals surface area contributed by atoms with Crippen LogP contribution >= 0.6 is 0 Å². The number of nitrogens with zero attached hydrogens (tertiary/aromatic N) is 2. The topological polar surface area (TPSA) is 50.8 Å². The first-order valence-electron chi connectivity index (χ1n) is 6.07. The Balaban J connectivity index is 1.89. The van der Waals surface area contributed by atoms with E-state index in [0.717, 1.165) is 37.0 Å². The average Bonchev–Trinajstić information content (AvgIpc) is 2.28. The van der Waals surface area contributed by atoms with Gasteiger partial charge in [0.15, 0.2) is 0 Å². The summed E-state index contributed by atoms with van der Waals surface area (Å²) in [6.45, 7) is 8.32. The van der Waals surface area contributed by atoms with Crippen molar-refractivity contribution in [2.45, 2.75) is 26.3 Å². The average molecular weight is 223 g/mol. The summed E-state index contributed by atoms with van der Waals surface area (Å²) < 4.78 is 5.69. The van der Waals surface area contributed by atoms with E-state index in [2.05, 4.69) is 23.7 Å². The van der Waals surface area contributed by atoms with Crippen LogP contribution < -0.4 is 5.73 Å². The quantitative estimate of drug-likeness (QED) is 0.776. The Morgan fingerprint density at radius 3 is 2.81 bits per heavy atom. The highest BCUT2D eigenvalue weighted by Gasteiger charge is 2.31. The molecule has 0 aromatic carbocycles. The van der Waals surface area contributed by atoms with E-state index in [4.69, 9.17) is 10.5 Å². The molecule has 1 fully saturated rings. The molecule has 4 heteroatoms. The second-order valence-electron chi connectivity index (χ2n) is 4.72. The lowest BCUT2D eigenvalue weighted by Crippen LogP contribution is -2.55. The van der Waals surface area contributed by atoms with Gasteiger partial charge in [-0.3, -0.25) is 4.90 Å². The maximum atomic E-state index is 5.69. The highest BCUT2D eigenvalue weighted by atomic mass is 16.5. The summed E-state index contributed by atoms with van der Waals surface area (Å²) in [6, 6.07) is 0.468. The summed E-state index contributed by atoms with van der Waals surface area (Å²) in [5.74, 6) is 1.58. The van der Waals surface area contributed by atoms with Gasteiger partial charge in [-0.15, -0.1) is 0 Å². The van der Waals surface area contributed by atoms with E-state index in [1.807, 2.05) is 0 Å². The number of rotatable bonds is 3. The number of nitrogens with two attached hydrogens (primary N) is 1. The molecule has 4 nitrogen and oxygen atoms in total. The second kappa shape index (κ2) is 4.87. The molecule has 2 aliphatic heterocycles. The molecular formula is C12H21N3O. The largest absolute Gasteiger partial charge is 0.476 e. The summed E-state index contributed by atoms with van der Waals surface area (Å²) in [4.78, 5) is 6.93. The van der Waals surface area contributed by atoms with E-state index in [1.165, 1.54) is 13.1 Å². The van der Waals surface area contributed by atoms with Gasteiger partial charge in [-0.2, -0.15) is 0 Å². The standard InChI is InChI=1S/C12H21N3O/c1-3-10(4-13)12-14-5-11(8-16-12)15-6-9(2)7-15/h4,9,11H,3,5-8,13H2,1-2H3. The zero-order valence-corrected chi connectivity index (χ0v) is 10.1. The van der Waals surface area contributed by atoms with Gasteiger partial charge in [0.2, 0.25) is 5.90 Å². The van der Waals surface area contributed by atoms with Gasteiger partial charge in [-0.25, -0.2) is 4.99 Å². The molecule has 0 saturated carbocycles.